The van der Waals surface area contributed by atoms with E-state index in [0.717, 1.165) is 47.7 Å². The summed E-state index contributed by atoms with van der Waals surface area (Å²) in [7, 11) is 0. The van der Waals surface area contributed by atoms with Gasteiger partial charge in [-0.1, -0.05) is 13.0 Å². The number of anilines is 1. The molecule has 0 saturated carbocycles. The zero-order valence-corrected chi connectivity index (χ0v) is 12.5. The number of hydrogen-bond acceptors (Lipinski definition) is 4. The Balaban J connectivity index is 1.92. The minimum Gasteiger partial charge on any atom is -0.370 e. The highest BCUT2D eigenvalue weighted by Crippen LogP contribution is 2.13. The van der Waals surface area contributed by atoms with Crippen molar-refractivity contribution in [2.24, 2.45) is 0 Å². The van der Waals surface area contributed by atoms with Gasteiger partial charge in [-0.05, 0) is 34.5 Å². The first-order valence-corrected chi connectivity index (χ1v) is 7.24. The zero-order chi connectivity index (χ0) is 13.5. The molecule has 0 fully saturated rings. The van der Waals surface area contributed by atoms with Gasteiger partial charge in [0.05, 0.1) is 0 Å². The molecule has 2 heterocycles. The van der Waals surface area contributed by atoms with E-state index in [0.29, 0.717) is 0 Å². The van der Waals surface area contributed by atoms with Gasteiger partial charge < -0.3 is 5.32 Å². The maximum Gasteiger partial charge on any atom is 0.132 e. The number of nitrogens with zero attached hydrogens (tertiary/aromatic N) is 3. The number of halogens is 1. The van der Waals surface area contributed by atoms with Crippen molar-refractivity contribution < 1.29 is 0 Å². The first kappa shape index (κ1) is 13.9. The predicted octanol–water partition coefficient (Wildman–Crippen LogP) is 3.24. The summed E-state index contributed by atoms with van der Waals surface area (Å²) >= 11 is 3.42. The molecule has 4 nitrogen and oxygen atoms in total. The second kappa shape index (κ2) is 7.19. The molecule has 1 N–H and O–H groups in total. The summed E-state index contributed by atoms with van der Waals surface area (Å²) in [6, 6.07) is 7.86. The topological polar surface area (TPSA) is 50.7 Å². The van der Waals surface area contributed by atoms with Crippen LogP contribution in [0, 0.1) is 0 Å². The molecule has 5 heteroatoms. The molecule has 0 aliphatic carbocycles. The van der Waals surface area contributed by atoms with Crippen molar-refractivity contribution in [2.75, 3.05) is 11.9 Å². The van der Waals surface area contributed by atoms with Gasteiger partial charge in [0.25, 0.3) is 0 Å². The van der Waals surface area contributed by atoms with Crippen molar-refractivity contribution in [2.45, 2.75) is 26.2 Å². The highest BCUT2D eigenvalue weighted by atomic mass is 79.9. The summed E-state index contributed by atoms with van der Waals surface area (Å²) in [6.45, 7) is 2.93. The third-order valence-electron chi connectivity index (χ3n) is 2.63. The second-order valence-corrected chi connectivity index (χ2v) is 5.05. The molecule has 19 heavy (non-hydrogen) atoms. The first-order chi connectivity index (χ1) is 9.28. The largest absolute Gasteiger partial charge is 0.370 e. The lowest BCUT2D eigenvalue weighted by atomic mass is 10.3. The minimum absolute atomic E-state index is 0.812. The van der Waals surface area contributed by atoms with Gasteiger partial charge in [-0.15, -0.1) is 0 Å². The van der Waals surface area contributed by atoms with E-state index in [1.54, 1.807) is 0 Å². The van der Waals surface area contributed by atoms with Crippen molar-refractivity contribution in [1.29, 1.82) is 0 Å². The van der Waals surface area contributed by atoms with Gasteiger partial charge in [-0.3, -0.25) is 4.98 Å². The highest BCUT2D eigenvalue weighted by molar-refractivity contribution is 9.10. The molecule has 0 bridgehead atoms. The quantitative estimate of drug-likeness (QED) is 0.830. The maximum absolute atomic E-state index is 4.48. The molecule has 0 radical (unpaired) electrons. The average molecular weight is 321 g/mol. The lowest BCUT2D eigenvalue weighted by Crippen LogP contribution is -2.09. The fourth-order valence-corrected chi connectivity index (χ4v) is 2.18. The summed E-state index contributed by atoms with van der Waals surface area (Å²) in [5.41, 5.74) is 1.08. The van der Waals surface area contributed by atoms with Crippen molar-refractivity contribution >= 4 is 21.7 Å². The molecule has 0 aromatic carbocycles. The van der Waals surface area contributed by atoms with Crippen molar-refractivity contribution in [3.63, 3.8) is 0 Å². The van der Waals surface area contributed by atoms with Crippen LogP contribution >= 0.6 is 15.9 Å². The van der Waals surface area contributed by atoms with Crippen LogP contribution in [0.1, 0.15) is 24.9 Å². The lowest BCUT2D eigenvalue weighted by molar-refractivity contribution is 0.826. The van der Waals surface area contributed by atoms with Crippen LogP contribution in [0.3, 0.4) is 0 Å². The Kier molecular flexibility index (Phi) is 5.27. The first-order valence-electron chi connectivity index (χ1n) is 6.45. The van der Waals surface area contributed by atoms with Crippen LogP contribution in [0.25, 0.3) is 0 Å². The molecule has 0 atom stereocenters. The van der Waals surface area contributed by atoms with Crippen LogP contribution in [-0.2, 0) is 12.8 Å². The van der Waals surface area contributed by atoms with Gasteiger partial charge in [-0.2, -0.15) is 0 Å². The van der Waals surface area contributed by atoms with Gasteiger partial charge in [0.1, 0.15) is 16.2 Å². The van der Waals surface area contributed by atoms with Crippen molar-refractivity contribution in [1.82, 2.24) is 15.0 Å². The van der Waals surface area contributed by atoms with E-state index in [1.165, 1.54) is 0 Å². The molecule has 0 amide bonds. The predicted molar refractivity (Wildman–Crippen MR) is 80.2 cm³/mol. The number of aryl methyl sites for hydroxylation is 1. The maximum atomic E-state index is 4.48. The molecule has 0 spiro atoms. The van der Waals surface area contributed by atoms with Crippen LogP contribution < -0.4 is 5.32 Å². The third-order valence-corrected chi connectivity index (χ3v) is 3.03. The van der Waals surface area contributed by atoms with Gasteiger partial charge in [0, 0.05) is 37.3 Å². The number of aromatic nitrogens is 3. The molecule has 0 aliphatic rings. The molecular formula is C14H17BrN4. The number of rotatable bonds is 6. The van der Waals surface area contributed by atoms with E-state index in [2.05, 4.69) is 43.1 Å². The summed E-state index contributed by atoms with van der Waals surface area (Å²) in [6.07, 6.45) is 4.64. The van der Waals surface area contributed by atoms with E-state index in [-0.39, 0.29) is 0 Å². The third kappa shape index (κ3) is 4.59. The van der Waals surface area contributed by atoms with E-state index in [1.807, 2.05) is 30.5 Å². The molecular weight excluding hydrogens is 304 g/mol. The molecule has 2 aromatic heterocycles. The van der Waals surface area contributed by atoms with Gasteiger partial charge in [-0.25, -0.2) is 9.97 Å². The molecule has 2 rings (SSSR count). The van der Waals surface area contributed by atoms with Crippen LogP contribution in [0.2, 0.25) is 0 Å². The minimum atomic E-state index is 0.812. The lowest BCUT2D eigenvalue weighted by Gasteiger charge is -2.07. The zero-order valence-electron chi connectivity index (χ0n) is 10.9. The fraction of sp³-hybridized carbons (Fsp3) is 0.357. The number of nitrogens with one attached hydrogen (secondary N) is 1. The standard InChI is InChI=1S/C14H17BrN4/c1-2-5-13-18-12(15)10-14(19-13)17-9-7-11-6-3-4-8-16-11/h3-4,6,8,10H,2,5,7,9H2,1H3,(H,17,18,19). The Morgan fingerprint density at radius 3 is 2.84 bits per heavy atom. The van der Waals surface area contributed by atoms with Gasteiger partial charge in [0.15, 0.2) is 0 Å². The van der Waals surface area contributed by atoms with Crippen LogP contribution in [0.5, 0.6) is 0 Å². The summed E-state index contributed by atoms with van der Waals surface area (Å²) in [5, 5.41) is 3.31. The van der Waals surface area contributed by atoms with E-state index in [9.17, 15) is 0 Å². The van der Waals surface area contributed by atoms with Crippen LogP contribution in [-0.4, -0.2) is 21.5 Å². The molecule has 0 aliphatic heterocycles. The summed E-state index contributed by atoms with van der Waals surface area (Å²) in [4.78, 5) is 13.1. The highest BCUT2D eigenvalue weighted by Gasteiger charge is 2.02. The van der Waals surface area contributed by atoms with Crippen molar-refractivity contribution in [3.05, 3.63) is 46.6 Å². The smallest absolute Gasteiger partial charge is 0.132 e. The molecule has 100 valence electrons. The molecule has 2 aromatic rings. The number of pyridine rings is 1. The van der Waals surface area contributed by atoms with Gasteiger partial charge >= 0.3 is 0 Å². The second-order valence-electron chi connectivity index (χ2n) is 4.24. The number of hydrogen-bond donors (Lipinski definition) is 1. The van der Waals surface area contributed by atoms with Gasteiger partial charge in [0.2, 0.25) is 0 Å². The molecule has 0 saturated heterocycles. The van der Waals surface area contributed by atoms with E-state index in [4.69, 9.17) is 0 Å². The Bertz CT molecular complexity index is 516. The Hall–Kier alpha value is -1.49. The summed E-state index contributed by atoms with van der Waals surface area (Å²) < 4.78 is 0.825. The van der Waals surface area contributed by atoms with Crippen LogP contribution in [0.4, 0.5) is 5.82 Å². The van der Waals surface area contributed by atoms with E-state index < -0.39 is 0 Å². The van der Waals surface area contributed by atoms with E-state index >= 15 is 0 Å². The monoisotopic (exact) mass is 320 g/mol. The normalized spacial score (nSPS) is 10.4. The Labute approximate surface area is 121 Å². The van der Waals surface area contributed by atoms with Crippen LogP contribution in [0.15, 0.2) is 35.1 Å². The van der Waals surface area contributed by atoms with Crippen molar-refractivity contribution in [3.8, 4) is 0 Å². The average Bonchev–Trinajstić information content (AvgIpc) is 2.40. The SMILES string of the molecule is CCCc1nc(Br)cc(NCCc2ccccn2)n1. The Morgan fingerprint density at radius 1 is 1.21 bits per heavy atom. The fourth-order valence-electron chi connectivity index (χ4n) is 1.76. The summed E-state index contributed by atoms with van der Waals surface area (Å²) in [5.74, 6) is 1.73. The molecule has 0 unspecified atom stereocenters. The Morgan fingerprint density at radius 2 is 2.11 bits per heavy atom.